The number of benzene rings is 1. The van der Waals surface area contributed by atoms with Gasteiger partial charge in [0.2, 0.25) is 0 Å². The zero-order valence-corrected chi connectivity index (χ0v) is 12.2. The number of hydrogen-bond acceptors (Lipinski definition) is 5. The first-order chi connectivity index (χ1) is 9.29. The third-order valence-corrected chi connectivity index (χ3v) is 4.78. The number of anilines is 1. The minimum Gasteiger partial charge on any atom is -0.379 e. The summed E-state index contributed by atoms with van der Waals surface area (Å²) in [6.45, 7) is 0.723. The maximum atomic E-state index is 6.31. The van der Waals surface area contributed by atoms with Crippen molar-refractivity contribution >= 4 is 40.0 Å². The third-order valence-electron chi connectivity index (χ3n) is 3.92. The second kappa shape index (κ2) is 5.61. The maximum Gasteiger partial charge on any atom is 0.129 e. The van der Waals surface area contributed by atoms with Crippen molar-refractivity contribution in [3.05, 3.63) is 17.2 Å². The molecule has 1 fully saturated rings. The fourth-order valence-corrected chi connectivity index (χ4v) is 3.58. The molecule has 0 radical (unpaired) electrons. The molecule has 1 aromatic heterocycles. The van der Waals surface area contributed by atoms with E-state index in [9.17, 15) is 0 Å². The summed E-state index contributed by atoms with van der Waals surface area (Å²) in [6.07, 6.45) is 4.86. The van der Waals surface area contributed by atoms with Crippen molar-refractivity contribution in [3.63, 3.8) is 0 Å². The second-order valence-corrected chi connectivity index (χ2v) is 6.02. The number of nitrogens with one attached hydrogen (secondary N) is 1. The predicted molar refractivity (Wildman–Crippen MR) is 80.8 cm³/mol. The van der Waals surface area contributed by atoms with Gasteiger partial charge in [-0.3, -0.25) is 0 Å². The van der Waals surface area contributed by atoms with Crippen LogP contribution in [-0.4, -0.2) is 21.3 Å². The molecule has 19 heavy (non-hydrogen) atoms. The van der Waals surface area contributed by atoms with Crippen molar-refractivity contribution in [1.29, 1.82) is 0 Å². The summed E-state index contributed by atoms with van der Waals surface area (Å²) >= 11 is 7.53. The highest BCUT2D eigenvalue weighted by atomic mass is 35.5. The van der Waals surface area contributed by atoms with Gasteiger partial charge in [-0.15, -0.1) is 0 Å². The molecule has 1 aliphatic rings. The predicted octanol–water partition coefficient (Wildman–Crippen LogP) is 3.27. The number of fused-ring (bicyclic) bond motifs is 1. The first-order valence-corrected chi connectivity index (χ1v) is 7.78. The smallest absolute Gasteiger partial charge is 0.129 e. The Morgan fingerprint density at radius 2 is 2.16 bits per heavy atom. The van der Waals surface area contributed by atoms with Crippen LogP contribution < -0.4 is 11.1 Å². The Bertz CT molecular complexity index is 571. The van der Waals surface area contributed by atoms with Crippen molar-refractivity contribution in [2.45, 2.75) is 31.7 Å². The number of nitrogens with two attached hydrogens (primary N) is 1. The van der Waals surface area contributed by atoms with E-state index in [1.807, 2.05) is 12.1 Å². The fraction of sp³-hybridized carbons (Fsp3) is 0.538. The number of nitrogens with zero attached hydrogens (tertiary/aromatic N) is 2. The normalized spacial score (nSPS) is 23.7. The molecule has 2 aromatic rings. The Kier molecular flexibility index (Phi) is 3.86. The first kappa shape index (κ1) is 13.1. The van der Waals surface area contributed by atoms with Crippen molar-refractivity contribution in [1.82, 2.24) is 8.75 Å². The molecule has 1 heterocycles. The zero-order chi connectivity index (χ0) is 13.2. The molecule has 0 saturated heterocycles. The molecule has 3 rings (SSSR count). The van der Waals surface area contributed by atoms with Gasteiger partial charge in [-0.25, -0.2) is 0 Å². The van der Waals surface area contributed by atoms with Gasteiger partial charge < -0.3 is 11.1 Å². The van der Waals surface area contributed by atoms with Crippen LogP contribution in [0.5, 0.6) is 0 Å². The van der Waals surface area contributed by atoms with Gasteiger partial charge in [-0.1, -0.05) is 24.4 Å². The molecule has 2 unspecified atom stereocenters. The van der Waals surface area contributed by atoms with Gasteiger partial charge in [0, 0.05) is 6.04 Å². The molecule has 3 N–H and O–H groups in total. The van der Waals surface area contributed by atoms with E-state index in [0.29, 0.717) is 17.0 Å². The summed E-state index contributed by atoms with van der Waals surface area (Å²) in [7, 11) is 0. The lowest BCUT2D eigenvalue weighted by molar-refractivity contribution is 0.333. The Morgan fingerprint density at radius 3 is 3.00 bits per heavy atom. The van der Waals surface area contributed by atoms with Crippen LogP contribution in [0.1, 0.15) is 25.7 Å². The van der Waals surface area contributed by atoms with E-state index in [4.69, 9.17) is 17.3 Å². The summed E-state index contributed by atoms with van der Waals surface area (Å²) < 4.78 is 8.61. The summed E-state index contributed by atoms with van der Waals surface area (Å²) in [5.41, 5.74) is 8.57. The SMILES string of the molecule is NCC1CCCCC1Nc1c(Cl)ccc2nsnc12. The van der Waals surface area contributed by atoms with E-state index in [1.165, 1.54) is 31.0 Å². The van der Waals surface area contributed by atoms with Crippen LogP contribution in [0.4, 0.5) is 5.69 Å². The lowest BCUT2D eigenvalue weighted by Gasteiger charge is -2.32. The summed E-state index contributed by atoms with van der Waals surface area (Å²) in [5, 5.41) is 4.28. The number of hydrogen-bond donors (Lipinski definition) is 2. The molecule has 102 valence electrons. The molecule has 6 heteroatoms. The maximum absolute atomic E-state index is 6.31. The molecular formula is C13H17ClN4S. The highest BCUT2D eigenvalue weighted by Crippen LogP contribution is 2.34. The molecule has 4 nitrogen and oxygen atoms in total. The molecular weight excluding hydrogens is 280 g/mol. The minimum absolute atomic E-state index is 0.392. The highest BCUT2D eigenvalue weighted by molar-refractivity contribution is 7.00. The van der Waals surface area contributed by atoms with Gasteiger partial charge >= 0.3 is 0 Å². The van der Waals surface area contributed by atoms with Crippen LogP contribution in [0.2, 0.25) is 5.02 Å². The molecule has 1 aromatic carbocycles. The molecule has 2 atom stereocenters. The lowest BCUT2D eigenvalue weighted by atomic mass is 9.84. The van der Waals surface area contributed by atoms with Gasteiger partial charge in [0.15, 0.2) is 0 Å². The summed E-state index contributed by atoms with van der Waals surface area (Å²) in [5.74, 6) is 0.520. The van der Waals surface area contributed by atoms with Crippen LogP contribution in [0.3, 0.4) is 0 Å². The number of aromatic nitrogens is 2. The standard InChI is InChI=1S/C13H17ClN4S/c14-9-5-6-11-13(18-19-17-11)12(9)16-10-4-2-1-3-8(10)7-15/h5-6,8,10,16H,1-4,7,15H2. The monoisotopic (exact) mass is 296 g/mol. The van der Waals surface area contributed by atoms with E-state index < -0.39 is 0 Å². The van der Waals surface area contributed by atoms with Gasteiger partial charge in [0.05, 0.1) is 22.4 Å². The molecule has 1 saturated carbocycles. The van der Waals surface area contributed by atoms with Gasteiger partial charge in [0.1, 0.15) is 11.0 Å². The largest absolute Gasteiger partial charge is 0.379 e. The topological polar surface area (TPSA) is 63.8 Å². The number of rotatable bonds is 3. The van der Waals surface area contributed by atoms with Gasteiger partial charge in [-0.05, 0) is 37.4 Å². The first-order valence-electron chi connectivity index (χ1n) is 6.67. The Morgan fingerprint density at radius 1 is 1.32 bits per heavy atom. The van der Waals surface area contributed by atoms with Gasteiger partial charge in [-0.2, -0.15) is 8.75 Å². The van der Waals surface area contributed by atoms with E-state index in [-0.39, 0.29) is 0 Å². The quantitative estimate of drug-likeness (QED) is 0.912. The van der Waals surface area contributed by atoms with Crippen molar-refractivity contribution in [3.8, 4) is 0 Å². The zero-order valence-electron chi connectivity index (χ0n) is 10.6. The van der Waals surface area contributed by atoms with Crippen LogP contribution in [0.15, 0.2) is 12.1 Å². The second-order valence-electron chi connectivity index (χ2n) is 5.09. The number of halogens is 1. The van der Waals surface area contributed by atoms with Crippen molar-refractivity contribution in [2.75, 3.05) is 11.9 Å². The summed E-state index contributed by atoms with van der Waals surface area (Å²) in [4.78, 5) is 0. The van der Waals surface area contributed by atoms with Crippen molar-refractivity contribution < 1.29 is 0 Å². The average Bonchev–Trinajstić information content (AvgIpc) is 2.91. The van der Waals surface area contributed by atoms with Gasteiger partial charge in [0.25, 0.3) is 0 Å². The minimum atomic E-state index is 0.392. The molecule has 0 spiro atoms. The Hall–Kier alpha value is -0.910. The fourth-order valence-electron chi connectivity index (χ4n) is 2.83. The van der Waals surface area contributed by atoms with Crippen LogP contribution in [-0.2, 0) is 0 Å². The van der Waals surface area contributed by atoms with Crippen LogP contribution in [0.25, 0.3) is 11.0 Å². The molecule has 0 amide bonds. The van der Waals surface area contributed by atoms with Crippen LogP contribution >= 0.6 is 23.3 Å². The average molecular weight is 297 g/mol. The van der Waals surface area contributed by atoms with Crippen molar-refractivity contribution in [2.24, 2.45) is 11.7 Å². The summed E-state index contributed by atoms with van der Waals surface area (Å²) in [6, 6.07) is 4.19. The Labute approximate surface area is 121 Å². The molecule has 0 bridgehead atoms. The highest BCUT2D eigenvalue weighted by Gasteiger charge is 2.25. The lowest BCUT2D eigenvalue weighted by Crippen LogP contribution is -2.36. The van der Waals surface area contributed by atoms with E-state index in [0.717, 1.165) is 29.7 Å². The molecule has 0 aliphatic heterocycles. The van der Waals surface area contributed by atoms with Crippen LogP contribution in [0, 0.1) is 5.92 Å². The Balaban J connectivity index is 1.91. The van der Waals surface area contributed by atoms with E-state index >= 15 is 0 Å². The van der Waals surface area contributed by atoms with E-state index in [1.54, 1.807) is 0 Å². The third kappa shape index (κ3) is 2.55. The molecule has 1 aliphatic carbocycles. The van der Waals surface area contributed by atoms with E-state index in [2.05, 4.69) is 14.1 Å².